The van der Waals surface area contributed by atoms with E-state index >= 15 is 0 Å². The zero-order valence-corrected chi connectivity index (χ0v) is 16.7. The molecule has 150 valence electrons. The molecule has 0 unspecified atom stereocenters. The van der Waals surface area contributed by atoms with Crippen LogP contribution in [0.2, 0.25) is 5.02 Å². The molecule has 0 heterocycles. The van der Waals surface area contributed by atoms with Crippen LogP contribution in [0, 0.1) is 11.3 Å². The summed E-state index contributed by atoms with van der Waals surface area (Å²) in [5, 5.41) is 12.2. The van der Waals surface area contributed by atoms with Gasteiger partial charge in [-0.3, -0.25) is 4.79 Å². The molecule has 2 aromatic carbocycles. The molecule has 0 spiro atoms. The van der Waals surface area contributed by atoms with Gasteiger partial charge in [-0.25, -0.2) is 4.79 Å². The van der Waals surface area contributed by atoms with Gasteiger partial charge in [-0.1, -0.05) is 29.8 Å². The highest BCUT2D eigenvalue weighted by atomic mass is 35.5. The summed E-state index contributed by atoms with van der Waals surface area (Å²) in [7, 11) is 1.44. The lowest BCUT2D eigenvalue weighted by Gasteiger charge is -2.12. The molecule has 0 atom stereocenters. The van der Waals surface area contributed by atoms with E-state index < -0.39 is 11.9 Å². The van der Waals surface area contributed by atoms with E-state index in [0.717, 1.165) is 0 Å². The Morgan fingerprint density at radius 1 is 1.21 bits per heavy atom. The van der Waals surface area contributed by atoms with E-state index in [9.17, 15) is 9.59 Å². The van der Waals surface area contributed by atoms with Crippen molar-refractivity contribution in [2.24, 2.45) is 0 Å². The Hall–Kier alpha value is -3.50. The molecule has 0 bridgehead atoms. The molecule has 0 aliphatic heterocycles. The standard InChI is InChI=1S/C21H19ClN2O5/c1-3-28-21(26)15(12-23)10-14-8-9-18(19(11-14)27-2)29-13-20(25)24-17-7-5-4-6-16(17)22/h4-11H,3,13H2,1-2H3,(H,24,25)/b15-10+. The van der Waals surface area contributed by atoms with Crippen LogP contribution >= 0.6 is 11.6 Å². The van der Waals surface area contributed by atoms with Crippen LogP contribution in [0.5, 0.6) is 11.5 Å². The minimum atomic E-state index is -0.703. The van der Waals surface area contributed by atoms with Gasteiger partial charge in [0.25, 0.3) is 5.91 Å². The molecule has 2 aromatic rings. The number of ether oxygens (including phenoxy) is 3. The quantitative estimate of drug-likeness (QED) is 0.400. The second kappa shape index (κ2) is 10.7. The third-order valence-electron chi connectivity index (χ3n) is 3.62. The molecule has 7 nitrogen and oxygen atoms in total. The van der Waals surface area contributed by atoms with E-state index in [1.807, 2.05) is 0 Å². The summed E-state index contributed by atoms with van der Waals surface area (Å²) in [5.41, 5.74) is 0.888. The van der Waals surface area contributed by atoms with Crippen molar-refractivity contribution in [1.29, 1.82) is 5.26 Å². The molecule has 0 radical (unpaired) electrons. The van der Waals surface area contributed by atoms with Gasteiger partial charge in [0.1, 0.15) is 11.6 Å². The number of amides is 1. The van der Waals surface area contributed by atoms with Crippen LogP contribution in [0.25, 0.3) is 6.08 Å². The van der Waals surface area contributed by atoms with Gasteiger partial charge >= 0.3 is 5.97 Å². The SMILES string of the molecule is CCOC(=O)/C(C#N)=C/c1ccc(OCC(=O)Nc2ccccc2Cl)c(OC)c1. The monoisotopic (exact) mass is 414 g/mol. The molecule has 0 aromatic heterocycles. The van der Waals surface area contributed by atoms with Gasteiger partial charge in [0.2, 0.25) is 0 Å². The van der Waals surface area contributed by atoms with Gasteiger partial charge in [-0.2, -0.15) is 5.26 Å². The molecule has 2 rings (SSSR count). The molecular weight excluding hydrogens is 396 g/mol. The highest BCUT2D eigenvalue weighted by Crippen LogP contribution is 2.29. The zero-order chi connectivity index (χ0) is 21.2. The maximum Gasteiger partial charge on any atom is 0.348 e. The molecule has 29 heavy (non-hydrogen) atoms. The van der Waals surface area contributed by atoms with E-state index in [-0.39, 0.29) is 18.8 Å². The average molecular weight is 415 g/mol. The van der Waals surface area contributed by atoms with E-state index in [4.69, 9.17) is 31.1 Å². The van der Waals surface area contributed by atoms with Crippen molar-refractivity contribution in [2.75, 3.05) is 25.6 Å². The number of carbonyl (C=O) groups excluding carboxylic acids is 2. The molecule has 0 aliphatic carbocycles. The largest absolute Gasteiger partial charge is 0.493 e. The molecule has 0 saturated heterocycles. The summed E-state index contributed by atoms with van der Waals surface area (Å²) in [4.78, 5) is 23.8. The third-order valence-corrected chi connectivity index (χ3v) is 3.95. The number of hydrogen-bond donors (Lipinski definition) is 1. The Balaban J connectivity index is 2.09. The van der Waals surface area contributed by atoms with Crippen molar-refractivity contribution < 1.29 is 23.8 Å². The predicted molar refractivity (Wildman–Crippen MR) is 109 cm³/mol. The van der Waals surface area contributed by atoms with Crippen LogP contribution in [0.3, 0.4) is 0 Å². The minimum Gasteiger partial charge on any atom is -0.493 e. The van der Waals surface area contributed by atoms with Crippen molar-refractivity contribution in [3.63, 3.8) is 0 Å². The summed E-state index contributed by atoms with van der Waals surface area (Å²) in [6, 6.07) is 13.4. The summed E-state index contributed by atoms with van der Waals surface area (Å²) in [6.07, 6.45) is 1.38. The number of nitrogens with zero attached hydrogens (tertiary/aromatic N) is 1. The Morgan fingerprint density at radius 3 is 2.62 bits per heavy atom. The summed E-state index contributed by atoms with van der Waals surface area (Å²) >= 11 is 6.01. The highest BCUT2D eigenvalue weighted by Gasteiger charge is 2.12. The zero-order valence-electron chi connectivity index (χ0n) is 15.9. The first-order valence-electron chi connectivity index (χ1n) is 8.62. The van der Waals surface area contributed by atoms with Crippen molar-refractivity contribution in [3.05, 3.63) is 58.6 Å². The second-order valence-electron chi connectivity index (χ2n) is 5.62. The number of methoxy groups -OCH3 is 1. The van der Waals surface area contributed by atoms with E-state index in [1.54, 1.807) is 55.5 Å². The minimum absolute atomic E-state index is 0.137. The molecule has 0 fully saturated rings. The summed E-state index contributed by atoms with van der Waals surface area (Å²) < 4.78 is 15.6. The number of para-hydroxylation sites is 1. The average Bonchev–Trinajstić information content (AvgIpc) is 2.72. The number of halogens is 1. The van der Waals surface area contributed by atoms with Crippen LogP contribution in [0.15, 0.2) is 48.0 Å². The van der Waals surface area contributed by atoms with E-state index in [0.29, 0.717) is 27.8 Å². The highest BCUT2D eigenvalue weighted by molar-refractivity contribution is 6.33. The van der Waals surface area contributed by atoms with Crippen LogP contribution in [0.1, 0.15) is 12.5 Å². The lowest BCUT2D eigenvalue weighted by atomic mass is 10.1. The molecule has 0 aliphatic rings. The van der Waals surface area contributed by atoms with Crippen LogP contribution in [0.4, 0.5) is 5.69 Å². The van der Waals surface area contributed by atoms with Gasteiger partial charge in [0.15, 0.2) is 18.1 Å². The first-order chi connectivity index (χ1) is 14.0. The van der Waals surface area contributed by atoms with Crippen LogP contribution in [-0.2, 0) is 14.3 Å². The lowest BCUT2D eigenvalue weighted by Crippen LogP contribution is -2.20. The first-order valence-corrected chi connectivity index (χ1v) is 9.00. The molecular formula is C21H19ClN2O5. The molecule has 1 N–H and O–H groups in total. The summed E-state index contributed by atoms with van der Waals surface area (Å²) in [5.74, 6) is -0.428. The van der Waals surface area contributed by atoms with Gasteiger partial charge in [0, 0.05) is 0 Å². The van der Waals surface area contributed by atoms with Gasteiger partial charge in [0.05, 0.1) is 24.4 Å². The topological polar surface area (TPSA) is 97.7 Å². The van der Waals surface area contributed by atoms with Crippen molar-refractivity contribution in [3.8, 4) is 17.6 Å². The fourth-order valence-electron chi connectivity index (χ4n) is 2.30. The first kappa shape index (κ1) is 21.8. The fourth-order valence-corrected chi connectivity index (χ4v) is 2.48. The van der Waals surface area contributed by atoms with E-state index in [1.165, 1.54) is 13.2 Å². The molecule has 1 amide bonds. The Morgan fingerprint density at radius 2 is 1.97 bits per heavy atom. The van der Waals surface area contributed by atoms with Crippen LogP contribution in [-0.4, -0.2) is 32.2 Å². The Bertz CT molecular complexity index is 966. The summed E-state index contributed by atoms with van der Waals surface area (Å²) in [6.45, 7) is 1.57. The maximum absolute atomic E-state index is 12.1. The number of carbonyl (C=O) groups is 2. The Kier molecular flexibility index (Phi) is 8.07. The number of rotatable bonds is 8. The van der Waals surface area contributed by atoms with Gasteiger partial charge in [-0.05, 0) is 42.8 Å². The molecule has 0 saturated carbocycles. The van der Waals surface area contributed by atoms with Gasteiger partial charge < -0.3 is 19.5 Å². The normalized spacial score (nSPS) is 10.6. The fraction of sp³-hybridized carbons (Fsp3) is 0.190. The van der Waals surface area contributed by atoms with Crippen molar-refractivity contribution in [2.45, 2.75) is 6.92 Å². The van der Waals surface area contributed by atoms with E-state index in [2.05, 4.69) is 5.32 Å². The number of hydrogen-bond acceptors (Lipinski definition) is 6. The Labute approximate surface area is 173 Å². The third kappa shape index (κ3) is 6.26. The van der Waals surface area contributed by atoms with Gasteiger partial charge in [-0.15, -0.1) is 0 Å². The second-order valence-corrected chi connectivity index (χ2v) is 6.02. The smallest absolute Gasteiger partial charge is 0.348 e. The lowest BCUT2D eigenvalue weighted by molar-refractivity contribution is -0.137. The number of benzene rings is 2. The number of esters is 1. The molecule has 8 heteroatoms. The number of nitrogens with one attached hydrogen (secondary N) is 1. The predicted octanol–water partition coefficient (Wildman–Crippen LogP) is 3.84. The van der Waals surface area contributed by atoms with Crippen LogP contribution < -0.4 is 14.8 Å². The van der Waals surface area contributed by atoms with Crippen molar-refractivity contribution in [1.82, 2.24) is 0 Å². The maximum atomic E-state index is 12.1. The number of anilines is 1. The number of nitriles is 1. The van der Waals surface area contributed by atoms with Crippen molar-refractivity contribution >= 4 is 35.2 Å².